The predicted molar refractivity (Wildman–Crippen MR) is 55.5 cm³/mol. The van der Waals surface area contributed by atoms with E-state index < -0.39 is 0 Å². The summed E-state index contributed by atoms with van der Waals surface area (Å²) in [5.41, 5.74) is 0.487. The van der Waals surface area contributed by atoms with Crippen molar-refractivity contribution in [2.75, 3.05) is 6.61 Å². The lowest BCUT2D eigenvalue weighted by Gasteiger charge is -2.16. The fraction of sp³-hybridized carbons (Fsp3) is 0.417. The zero-order chi connectivity index (χ0) is 10.5. The highest BCUT2D eigenvalue weighted by atomic mass is 16.5. The van der Waals surface area contributed by atoms with Crippen LogP contribution in [0.3, 0.4) is 0 Å². The Kier molecular flexibility index (Phi) is 3.22. The number of rotatable bonds is 3. The molecule has 0 fully saturated rings. The van der Waals surface area contributed by atoms with Crippen LogP contribution in [0.1, 0.15) is 29.6 Å². The van der Waals surface area contributed by atoms with Crippen LogP contribution in [-0.2, 0) is 4.74 Å². The predicted octanol–water partition coefficient (Wildman–Crippen LogP) is 2.79. The molecule has 15 heavy (non-hydrogen) atoms. The van der Waals surface area contributed by atoms with Crippen LogP contribution in [0, 0.1) is 5.92 Å². The molecule has 0 radical (unpaired) electrons. The Balaban J connectivity index is 1.78. The van der Waals surface area contributed by atoms with Gasteiger partial charge in [-0.3, -0.25) is 0 Å². The van der Waals surface area contributed by atoms with Crippen LogP contribution in [0.2, 0.25) is 0 Å². The molecule has 1 aromatic heterocycles. The van der Waals surface area contributed by atoms with Crippen molar-refractivity contribution in [3.05, 3.63) is 36.3 Å². The highest BCUT2D eigenvalue weighted by Crippen LogP contribution is 2.18. The van der Waals surface area contributed by atoms with Crippen molar-refractivity contribution >= 4 is 5.97 Å². The molecule has 0 bridgehead atoms. The lowest BCUT2D eigenvalue weighted by molar-refractivity contribution is 0.0431. The van der Waals surface area contributed by atoms with Crippen LogP contribution in [0.4, 0.5) is 0 Å². The summed E-state index contributed by atoms with van der Waals surface area (Å²) in [7, 11) is 0. The van der Waals surface area contributed by atoms with E-state index in [0.717, 1.165) is 19.3 Å². The molecule has 1 heterocycles. The van der Waals surface area contributed by atoms with Gasteiger partial charge in [0.1, 0.15) is 6.26 Å². The quantitative estimate of drug-likeness (QED) is 0.564. The largest absolute Gasteiger partial charge is 0.472 e. The van der Waals surface area contributed by atoms with Gasteiger partial charge >= 0.3 is 5.97 Å². The number of ether oxygens (including phenoxy) is 1. The van der Waals surface area contributed by atoms with Crippen LogP contribution < -0.4 is 0 Å². The molecule has 0 saturated carbocycles. The zero-order valence-electron chi connectivity index (χ0n) is 8.52. The van der Waals surface area contributed by atoms with E-state index in [0.29, 0.717) is 18.1 Å². The molecule has 0 aliphatic heterocycles. The third kappa shape index (κ3) is 2.72. The SMILES string of the molecule is O=C(OCC1CC=CCC1)c1ccoc1. The van der Waals surface area contributed by atoms with Crippen molar-refractivity contribution in [3.63, 3.8) is 0 Å². The molecule has 0 amide bonds. The van der Waals surface area contributed by atoms with E-state index in [1.165, 1.54) is 12.5 Å². The van der Waals surface area contributed by atoms with Gasteiger partial charge in [-0.05, 0) is 31.2 Å². The van der Waals surface area contributed by atoms with Crippen LogP contribution in [0.5, 0.6) is 0 Å². The van der Waals surface area contributed by atoms with E-state index in [9.17, 15) is 4.79 Å². The normalized spacial score (nSPS) is 20.1. The molecule has 0 spiro atoms. The molecule has 2 rings (SSSR count). The Bertz CT molecular complexity index is 338. The van der Waals surface area contributed by atoms with Crippen molar-refractivity contribution in [3.8, 4) is 0 Å². The molecule has 0 aromatic carbocycles. The third-order valence-electron chi connectivity index (χ3n) is 2.58. The van der Waals surface area contributed by atoms with Gasteiger partial charge in [-0.15, -0.1) is 0 Å². The number of carbonyl (C=O) groups excluding carboxylic acids is 1. The lowest BCUT2D eigenvalue weighted by atomic mass is 9.95. The highest BCUT2D eigenvalue weighted by Gasteiger charge is 2.14. The summed E-state index contributed by atoms with van der Waals surface area (Å²) in [5, 5.41) is 0. The minimum Gasteiger partial charge on any atom is -0.472 e. The summed E-state index contributed by atoms with van der Waals surface area (Å²) >= 11 is 0. The molecule has 80 valence electrons. The molecular formula is C12H14O3. The Hall–Kier alpha value is -1.51. The molecule has 3 heteroatoms. The second-order valence-corrected chi connectivity index (χ2v) is 3.76. The van der Waals surface area contributed by atoms with Crippen molar-refractivity contribution in [2.24, 2.45) is 5.92 Å². The number of carbonyl (C=O) groups is 1. The van der Waals surface area contributed by atoms with Crippen molar-refractivity contribution in [1.29, 1.82) is 0 Å². The maximum atomic E-state index is 11.4. The first-order valence-electron chi connectivity index (χ1n) is 5.20. The van der Waals surface area contributed by atoms with Gasteiger partial charge in [-0.25, -0.2) is 4.79 Å². The van der Waals surface area contributed by atoms with Gasteiger partial charge in [0.2, 0.25) is 0 Å². The number of furan rings is 1. The average Bonchev–Trinajstić information content (AvgIpc) is 2.81. The molecule has 1 aliphatic carbocycles. The van der Waals surface area contributed by atoms with Gasteiger partial charge in [0, 0.05) is 0 Å². The van der Waals surface area contributed by atoms with Crippen molar-refractivity contribution in [2.45, 2.75) is 19.3 Å². The molecule has 0 saturated heterocycles. The van der Waals surface area contributed by atoms with Gasteiger partial charge in [-0.1, -0.05) is 12.2 Å². The van der Waals surface area contributed by atoms with E-state index in [1.807, 2.05) is 0 Å². The van der Waals surface area contributed by atoms with Crippen LogP contribution in [-0.4, -0.2) is 12.6 Å². The van der Waals surface area contributed by atoms with Gasteiger partial charge in [0.25, 0.3) is 0 Å². The first kappa shape index (κ1) is 10.0. The summed E-state index contributed by atoms with van der Waals surface area (Å²) < 4.78 is 10.0. The summed E-state index contributed by atoms with van der Waals surface area (Å²) in [6, 6.07) is 1.61. The molecule has 1 unspecified atom stereocenters. The number of hydrogen-bond acceptors (Lipinski definition) is 3. The number of allylic oxidation sites excluding steroid dienone is 2. The molecule has 1 atom stereocenters. The van der Waals surface area contributed by atoms with Gasteiger partial charge < -0.3 is 9.15 Å². The van der Waals surface area contributed by atoms with E-state index in [-0.39, 0.29) is 5.97 Å². The topological polar surface area (TPSA) is 39.4 Å². The van der Waals surface area contributed by atoms with E-state index >= 15 is 0 Å². The smallest absolute Gasteiger partial charge is 0.341 e. The second-order valence-electron chi connectivity index (χ2n) is 3.76. The maximum Gasteiger partial charge on any atom is 0.341 e. The number of hydrogen-bond donors (Lipinski definition) is 0. The molecular weight excluding hydrogens is 192 g/mol. The van der Waals surface area contributed by atoms with Gasteiger partial charge in [0.05, 0.1) is 18.4 Å². The fourth-order valence-corrected chi connectivity index (χ4v) is 1.67. The minimum atomic E-state index is -0.293. The van der Waals surface area contributed by atoms with E-state index in [2.05, 4.69) is 12.2 Å². The lowest BCUT2D eigenvalue weighted by Crippen LogP contribution is -2.14. The van der Waals surface area contributed by atoms with E-state index in [1.54, 1.807) is 6.07 Å². The maximum absolute atomic E-state index is 11.4. The molecule has 1 aromatic rings. The molecule has 1 aliphatic rings. The monoisotopic (exact) mass is 206 g/mol. The number of esters is 1. The average molecular weight is 206 g/mol. The van der Waals surface area contributed by atoms with Crippen molar-refractivity contribution in [1.82, 2.24) is 0 Å². The molecule has 3 nitrogen and oxygen atoms in total. The highest BCUT2D eigenvalue weighted by molar-refractivity contribution is 5.88. The minimum absolute atomic E-state index is 0.293. The van der Waals surface area contributed by atoms with Crippen molar-refractivity contribution < 1.29 is 13.9 Å². The standard InChI is InChI=1S/C12H14O3/c13-12(11-6-7-14-9-11)15-8-10-4-2-1-3-5-10/h1-2,6-7,9-10H,3-5,8H2. The Morgan fingerprint density at radius 3 is 3.13 bits per heavy atom. The Labute approximate surface area is 88.7 Å². The first-order valence-corrected chi connectivity index (χ1v) is 5.20. The van der Waals surface area contributed by atoms with E-state index in [4.69, 9.17) is 9.15 Å². The fourth-order valence-electron chi connectivity index (χ4n) is 1.67. The van der Waals surface area contributed by atoms with Crippen LogP contribution in [0.25, 0.3) is 0 Å². The summed E-state index contributed by atoms with van der Waals surface area (Å²) in [6.07, 6.45) is 10.4. The second kappa shape index (κ2) is 4.82. The third-order valence-corrected chi connectivity index (χ3v) is 2.58. The summed E-state index contributed by atoms with van der Waals surface area (Å²) in [6.45, 7) is 0.508. The zero-order valence-corrected chi connectivity index (χ0v) is 8.52. The Morgan fingerprint density at radius 2 is 2.47 bits per heavy atom. The van der Waals surface area contributed by atoms with Gasteiger partial charge in [-0.2, -0.15) is 0 Å². The summed E-state index contributed by atoms with van der Waals surface area (Å²) in [5.74, 6) is 0.184. The molecule has 0 N–H and O–H groups in total. The van der Waals surface area contributed by atoms with Gasteiger partial charge in [0.15, 0.2) is 0 Å². The first-order chi connectivity index (χ1) is 7.36. The Morgan fingerprint density at radius 1 is 1.53 bits per heavy atom. The van der Waals surface area contributed by atoms with Crippen LogP contribution >= 0.6 is 0 Å². The summed E-state index contributed by atoms with van der Waals surface area (Å²) in [4.78, 5) is 11.4. The van der Waals surface area contributed by atoms with Crippen LogP contribution in [0.15, 0.2) is 35.2 Å².